The summed E-state index contributed by atoms with van der Waals surface area (Å²) in [7, 11) is -3.85. The van der Waals surface area contributed by atoms with Gasteiger partial charge in [0.2, 0.25) is 10.0 Å². The Morgan fingerprint density at radius 2 is 1.93 bits per heavy atom. The average Bonchev–Trinajstić information content (AvgIpc) is 3.06. The van der Waals surface area contributed by atoms with Gasteiger partial charge in [0.1, 0.15) is 4.90 Å². The summed E-state index contributed by atoms with van der Waals surface area (Å²) in [5.74, 6) is -0.969. The molecule has 0 saturated carbocycles. The molecule has 9 heteroatoms. The number of sulfonamides is 1. The van der Waals surface area contributed by atoms with Gasteiger partial charge in [-0.05, 0) is 42.2 Å². The van der Waals surface area contributed by atoms with Gasteiger partial charge in [-0.3, -0.25) is 4.79 Å². The van der Waals surface area contributed by atoms with E-state index in [4.69, 9.17) is 16.3 Å². The summed E-state index contributed by atoms with van der Waals surface area (Å²) < 4.78 is 34.0. The lowest BCUT2D eigenvalue weighted by Crippen LogP contribution is -2.38. The number of aromatic amines is 1. The van der Waals surface area contributed by atoms with E-state index in [1.54, 1.807) is 6.07 Å². The zero-order valence-corrected chi connectivity index (χ0v) is 17.6. The van der Waals surface area contributed by atoms with Gasteiger partial charge in [-0.2, -0.15) is 0 Å². The molecule has 2 heterocycles. The first kappa shape index (κ1) is 20.9. The van der Waals surface area contributed by atoms with Crippen LogP contribution >= 0.6 is 11.6 Å². The van der Waals surface area contributed by atoms with E-state index >= 15 is 0 Å². The molecule has 1 aromatic heterocycles. The van der Waals surface area contributed by atoms with Gasteiger partial charge in [0.25, 0.3) is 0 Å². The molecular weight excluding hydrogens is 428 g/mol. The van der Waals surface area contributed by atoms with Crippen LogP contribution in [-0.2, 0) is 26.0 Å². The summed E-state index contributed by atoms with van der Waals surface area (Å²) in [6.07, 6.45) is 1.01. The number of carboxylic acid groups (broad SMARTS) is 1. The number of hydrogen-bond donors (Lipinski definition) is 3. The van der Waals surface area contributed by atoms with E-state index < -0.39 is 16.0 Å². The minimum absolute atomic E-state index is 0.0342. The highest BCUT2D eigenvalue weighted by molar-refractivity contribution is 7.89. The number of aliphatic carboxylic acids is 1. The molecule has 4 rings (SSSR count). The molecule has 0 unspecified atom stereocenters. The van der Waals surface area contributed by atoms with E-state index in [1.807, 2.05) is 24.3 Å². The van der Waals surface area contributed by atoms with E-state index in [0.29, 0.717) is 42.9 Å². The Labute approximate surface area is 179 Å². The molecule has 0 radical (unpaired) electrons. The second kappa shape index (κ2) is 8.39. The summed E-state index contributed by atoms with van der Waals surface area (Å²) in [6, 6.07) is 11.9. The number of carboxylic acids is 1. The van der Waals surface area contributed by atoms with Crippen LogP contribution in [0.25, 0.3) is 22.2 Å². The van der Waals surface area contributed by atoms with Crippen LogP contribution in [0.5, 0.6) is 0 Å². The van der Waals surface area contributed by atoms with Crippen LogP contribution in [0.2, 0.25) is 5.02 Å². The lowest BCUT2D eigenvalue weighted by molar-refractivity contribution is -0.136. The highest BCUT2D eigenvalue weighted by Gasteiger charge is 2.25. The van der Waals surface area contributed by atoms with Crippen LogP contribution in [0.4, 0.5) is 0 Å². The van der Waals surface area contributed by atoms with E-state index in [9.17, 15) is 18.3 Å². The average molecular weight is 449 g/mol. The number of halogens is 1. The maximum atomic E-state index is 13.0. The Morgan fingerprint density at radius 3 is 2.67 bits per heavy atom. The largest absolute Gasteiger partial charge is 0.481 e. The molecule has 7 nitrogen and oxygen atoms in total. The van der Waals surface area contributed by atoms with Crippen molar-refractivity contribution in [1.29, 1.82) is 0 Å². The number of nitrogens with one attached hydrogen (secondary N) is 2. The van der Waals surface area contributed by atoms with Crippen molar-refractivity contribution in [2.45, 2.75) is 30.2 Å². The minimum Gasteiger partial charge on any atom is -0.481 e. The van der Waals surface area contributed by atoms with Crippen molar-refractivity contribution in [2.75, 3.05) is 13.2 Å². The second-order valence-corrected chi connectivity index (χ2v) is 9.34. The van der Waals surface area contributed by atoms with Gasteiger partial charge in [0, 0.05) is 30.2 Å². The molecule has 1 aliphatic heterocycles. The summed E-state index contributed by atoms with van der Waals surface area (Å²) in [5.41, 5.74) is 2.50. The summed E-state index contributed by atoms with van der Waals surface area (Å²) in [4.78, 5) is 14.6. The van der Waals surface area contributed by atoms with Crippen molar-refractivity contribution in [3.8, 4) is 11.3 Å². The fraction of sp³-hybridized carbons (Fsp3) is 0.286. The molecule has 158 valence electrons. The van der Waals surface area contributed by atoms with E-state index in [1.165, 1.54) is 12.1 Å². The standard InChI is InChI=1S/C21H21ClN2O5S/c22-17-6-5-13(11-19(17)30(27,28)24-14-7-9-29-10-8-14)21-16(12-20(25)26)15-3-1-2-4-18(15)23-21/h1-6,11,14,23-24H,7-10,12H2,(H,25,26). The number of aromatic nitrogens is 1. The van der Waals surface area contributed by atoms with Crippen LogP contribution in [0.3, 0.4) is 0 Å². The molecule has 3 N–H and O–H groups in total. The van der Waals surface area contributed by atoms with Crippen LogP contribution in [0.1, 0.15) is 18.4 Å². The lowest BCUT2D eigenvalue weighted by atomic mass is 10.0. The number of ether oxygens (including phenoxy) is 1. The maximum Gasteiger partial charge on any atom is 0.307 e. The number of rotatable bonds is 6. The molecule has 1 saturated heterocycles. The van der Waals surface area contributed by atoms with Crippen LogP contribution in [0, 0.1) is 0 Å². The molecule has 0 aliphatic carbocycles. The fourth-order valence-electron chi connectivity index (χ4n) is 3.74. The van der Waals surface area contributed by atoms with Gasteiger partial charge in [0.05, 0.1) is 17.1 Å². The number of fused-ring (bicyclic) bond motifs is 1. The third-order valence-electron chi connectivity index (χ3n) is 5.19. The zero-order chi connectivity index (χ0) is 21.3. The first-order valence-electron chi connectivity index (χ1n) is 9.56. The normalized spacial score (nSPS) is 15.5. The van der Waals surface area contributed by atoms with E-state index in [-0.39, 0.29) is 22.4 Å². The van der Waals surface area contributed by atoms with Crippen LogP contribution in [0.15, 0.2) is 47.4 Å². The van der Waals surface area contributed by atoms with Gasteiger partial charge in [-0.15, -0.1) is 0 Å². The zero-order valence-electron chi connectivity index (χ0n) is 16.0. The van der Waals surface area contributed by atoms with Crippen molar-refractivity contribution in [1.82, 2.24) is 9.71 Å². The number of carbonyl (C=O) groups is 1. The van der Waals surface area contributed by atoms with Crippen molar-refractivity contribution < 1.29 is 23.1 Å². The second-order valence-electron chi connectivity index (χ2n) is 7.25. The van der Waals surface area contributed by atoms with Crippen molar-refractivity contribution >= 4 is 38.5 Å². The first-order chi connectivity index (χ1) is 14.3. The molecular formula is C21H21ClN2O5S. The SMILES string of the molecule is O=C(O)Cc1c(-c2ccc(Cl)c(S(=O)(=O)NC3CCOCC3)c2)[nH]c2ccccc12. The van der Waals surface area contributed by atoms with Crippen LogP contribution < -0.4 is 4.72 Å². The van der Waals surface area contributed by atoms with Crippen molar-refractivity contribution in [3.05, 3.63) is 53.1 Å². The summed E-state index contributed by atoms with van der Waals surface area (Å²) in [5, 5.41) is 10.3. The Balaban J connectivity index is 1.77. The topological polar surface area (TPSA) is 108 Å². The highest BCUT2D eigenvalue weighted by atomic mass is 35.5. The maximum absolute atomic E-state index is 13.0. The Kier molecular flexibility index (Phi) is 5.84. The number of H-pyrrole nitrogens is 1. The molecule has 1 fully saturated rings. The molecule has 30 heavy (non-hydrogen) atoms. The first-order valence-corrected chi connectivity index (χ1v) is 11.4. The third-order valence-corrected chi connectivity index (χ3v) is 7.20. The summed E-state index contributed by atoms with van der Waals surface area (Å²) >= 11 is 6.24. The molecule has 2 aromatic carbocycles. The van der Waals surface area contributed by atoms with Crippen LogP contribution in [-0.4, -0.2) is 43.7 Å². The van der Waals surface area contributed by atoms with Gasteiger partial charge >= 0.3 is 5.97 Å². The molecule has 0 atom stereocenters. The van der Waals surface area contributed by atoms with Gasteiger partial charge in [0.15, 0.2) is 0 Å². The molecule has 0 spiro atoms. The molecule has 1 aliphatic rings. The molecule has 0 bridgehead atoms. The molecule has 3 aromatic rings. The summed E-state index contributed by atoms with van der Waals surface area (Å²) in [6.45, 7) is 1.02. The lowest BCUT2D eigenvalue weighted by Gasteiger charge is -2.23. The Morgan fingerprint density at radius 1 is 1.20 bits per heavy atom. The third kappa shape index (κ3) is 4.22. The number of para-hydroxylation sites is 1. The van der Waals surface area contributed by atoms with Gasteiger partial charge in [-0.1, -0.05) is 35.9 Å². The quantitative estimate of drug-likeness (QED) is 0.534. The smallest absolute Gasteiger partial charge is 0.307 e. The predicted octanol–water partition coefficient (Wildman–Crippen LogP) is 3.57. The highest BCUT2D eigenvalue weighted by Crippen LogP contribution is 2.34. The number of hydrogen-bond acceptors (Lipinski definition) is 4. The fourth-order valence-corrected chi connectivity index (χ4v) is 5.58. The van der Waals surface area contributed by atoms with Crippen molar-refractivity contribution in [2.24, 2.45) is 0 Å². The van der Waals surface area contributed by atoms with Gasteiger partial charge < -0.3 is 14.8 Å². The Bertz CT molecular complexity index is 1200. The van der Waals surface area contributed by atoms with Gasteiger partial charge in [-0.25, -0.2) is 13.1 Å². The molecule has 0 amide bonds. The predicted molar refractivity (Wildman–Crippen MR) is 114 cm³/mol. The van der Waals surface area contributed by atoms with Crippen molar-refractivity contribution in [3.63, 3.8) is 0 Å². The van der Waals surface area contributed by atoms with E-state index in [0.717, 1.165) is 10.9 Å². The Hall–Kier alpha value is -2.39. The minimum atomic E-state index is -3.85. The number of benzene rings is 2. The van der Waals surface area contributed by atoms with E-state index in [2.05, 4.69) is 9.71 Å². The monoisotopic (exact) mass is 448 g/mol.